The Morgan fingerprint density at radius 1 is 0.914 bits per heavy atom. The van der Waals surface area contributed by atoms with E-state index in [4.69, 9.17) is 21.1 Å². The molecule has 3 aromatic rings. The van der Waals surface area contributed by atoms with Gasteiger partial charge in [0.25, 0.3) is 11.8 Å². The first-order valence-electron chi connectivity index (χ1n) is 19.1. The van der Waals surface area contributed by atoms with Gasteiger partial charge < -0.3 is 40.5 Å². The number of nitrogens with one attached hydrogen (secondary N) is 4. The van der Waals surface area contributed by atoms with Crippen LogP contribution in [0.2, 0.25) is 5.02 Å². The molecule has 58 heavy (non-hydrogen) atoms. The summed E-state index contributed by atoms with van der Waals surface area (Å²) in [7, 11) is 3.28. The van der Waals surface area contributed by atoms with Crippen LogP contribution in [0.15, 0.2) is 48.5 Å². The second-order valence-corrected chi connectivity index (χ2v) is 15.6. The lowest BCUT2D eigenvalue weighted by Gasteiger charge is -2.34. The summed E-state index contributed by atoms with van der Waals surface area (Å²) in [5.41, 5.74) is 0.976. The van der Waals surface area contributed by atoms with E-state index >= 15 is 0 Å². The molecule has 15 nitrogen and oxygen atoms in total. The van der Waals surface area contributed by atoms with Crippen molar-refractivity contribution in [2.45, 2.75) is 62.7 Å². The van der Waals surface area contributed by atoms with Crippen LogP contribution in [0.4, 0.5) is 30.8 Å². The van der Waals surface area contributed by atoms with E-state index in [9.17, 15) is 32.3 Å². The van der Waals surface area contributed by atoms with Gasteiger partial charge in [0.1, 0.15) is 6.04 Å². The molecular weight excluding hydrogens is 783 g/mol. The normalized spacial score (nSPS) is 17.7. The maximum absolute atomic E-state index is 13.2. The number of amides is 2. The third kappa shape index (κ3) is 12.0. The van der Waals surface area contributed by atoms with Gasteiger partial charge in [0, 0.05) is 62.0 Å². The Kier molecular flexibility index (Phi) is 13.4. The Bertz CT molecular complexity index is 1940. The summed E-state index contributed by atoms with van der Waals surface area (Å²) in [6.45, 7) is 3.29. The van der Waals surface area contributed by atoms with Gasteiger partial charge in [0.2, 0.25) is 17.7 Å². The summed E-state index contributed by atoms with van der Waals surface area (Å²) in [6.07, 6.45) is -0.341. The van der Waals surface area contributed by atoms with Crippen molar-refractivity contribution in [1.29, 1.82) is 0 Å². The molecule has 0 radical (unpaired) electrons. The number of carbonyl (C=O) groups is 4. The maximum Gasteiger partial charge on any atom is 0.422 e. The highest BCUT2D eigenvalue weighted by Crippen LogP contribution is 2.50. The predicted octanol–water partition coefficient (Wildman–Crippen LogP) is 4.47. The minimum absolute atomic E-state index is 0.0177. The quantitative estimate of drug-likeness (QED) is 0.0984. The largest absolute Gasteiger partial charge is 0.467 e. The van der Waals surface area contributed by atoms with Gasteiger partial charge in [0.05, 0.1) is 12.6 Å². The fourth-order valence-electron chi connectivity index (χ4n) is 6.80. The molecule has 19 heteroatoms. The number of anilines is 3. The molecular formula is C39H47ClF3N9O6. The van der Waals surface area contributed by atoms with E-state index in [0.717, 1.165) is 64.0 Å². The van der Waals surface area contributed by atoms with Gasteiger partial charge in [-0.3, -0.25) is 14.4 Å². The Labute approximate surface area is 338 Å². The van der Waals surface area contributed by atoms with E-state index in [1.54, 1.807) is 12.1 Å². The zero-order valence-electron chi connectivity index (χ0n) is 32.3. The van der Waals surface area contributed by atoms with Gasteiger partial charge in [-0.25, -0.2) is 4.79 Å². The number of benzene rings is 2. The summed E-state index contributed by atoms with van der Waals surface area (Å²) >= 11 is 6.04. The number of likely N-dealkylation sites (N-methyl/N-ethyl adjacent to an activating group) is 1. The number of carbonyl (C=O) groups excluding carboxylic acids is 4. The number of piperazine rings is 1. The van der Waals surface area contributed by atoms with Crippen LogP contribution in [0.25, 0.3) is 0 Å². The lowest BCUT2D eigenvalue weighted by Crippen LogP contribution is -2.46. The number of hydrogen-bond acceptors (Lipinski definition) is 13. The smallest absolute Gasteiger partial charge is 0.422 e. The Morgan fingerprint density at radius 3 is 2.21 bits per heavy atom. The standard InChI is InChI=1S/C39H47ClF3N9O6/c1-51-19-21-52(22-20-51)23-37(14-15-37)13-11-30(53)32(55)44-18-12-29(33(56)57-2)46-31(54)25-3-9-28(10-4-25)45-34-47-35(49-36(48-34)58-24-39(41,42)43)50-38(16-17-38)26-5-7-27(40)8-6-26/h3-10,29H,11-24H2,1-2H3,(H,44,55)(H,46,54)(H2,45,47,48,49,50)/t29-/m1/s1. The summed E-state index contributed by atoms with van der Waals surface area (Å²) in [6, 6.07) is 11.4. The number of rotatable bonds is 19. The van der Waals surface area contributed by atoms with Crippen molar-refractivity contribution in [2.24, 2.45) is 5.41 Å². The molecule has 3 aliphatic rings. The molecule has 2 amide bonds. The van der Waals surface area contributed by atoms with Crippen LogP contribution in [-0.4, -0.2) is 121 Å². The van der Waals surface area contributed by atoms with E-state index in [0.29, 0.717) is 17.1 Å². The summed E-state index contributed by atoms with van der Waals surface area (Å²) in [4.78, 5) is 68.1. The zero-order valence-corrected chi connectivity index (χ0v) is 33.0. The molecule has 1 saturated heterocycles. The van der Waals surface area contributed by atoms with Crippen molar-refractivity contribution in [1.82, 2.24) is 35.4 Å². The van der Waals surface area contributed by atoms with Crippen LogP contribution in [0.1, 0.15) is 60.9 Å². The van der Waals surface area contributed by atoms with Crippen LogP contribution >= 0.6 is 11.6 Å². The third-order valence-corrected chi connectivity index (χ3v) is 10.9. The predicted molar refractivity (Wildman–Crippen MR) is 208 cm³/mol. The Balaban J connectivity index is 1.01. The molecule has 0 bridgehead atoms. The van der Waals surface area contributed by atoms with Crippen molar-refractivity contribution < 1.29 is 41.8 Å². The number of ether oxygens (including phenoxy) is 2. The highest BCUT2D eigenvalue weighted by atomic mass is 35.5. The lowest BCUT2D eigenvalue weighted by atomic mass is 9.97. The van der Waals surface area contributed by atoms with Crippen LogP contribution in [0, 0.1) is 5.41 Å². The summed E-state index contributed by atoms with van der Waals surface area (Å²) in [5, 5.41) is 11.8. The van der Waals surface area contributed by atoms with Gasteiger partial charge in [-0.1, -0.05) is 23.7 Å². The molecule has 2 saturated carbocycles. The van der Waals surface area contributed by atoms with Crippen molar-refractivity contribution in [2.75, 3.05) is 70.7 Å². The molecule has 0 spiro atoms. The van der Waals surface area contributed by atoms with Crippen LogP contribution in [0.3, 0.4) is 0 Å². The first-order chi connectivity index (χ1) is 27.6. The minimum atomic E-state index is -4.63. The van der Waals surface area contributed by atoms with E-state index in [1.165, 1.54) is 31.4 Å². The highest BCUT2D eigenvalue weighted by molar-refractivity contribution is 6.36. The van der Waals surface area contributed by atoms with Gasteiger partial charge >= 0.3 is 18.2 Å². The number of halogens is 4. The average molecular weight is 830 g/mol. The second-order valence-electron chi connectivity index (χ2n) is 15.2. The van der Waals surface area contributed by atoms with E-state index in [2.05, 4.69) is 53.1 Å². The molecule has 312 valence electrons. The molecule has 3 fully saturated rings. The van der Waals surface area contributed by atoms with Crippen LogP contribution in [-0.2, 0) is 24.7 Å². The number of ketones is 1. The molecule has 1 aliphatic heterocycles. The van der Waals surface area contributed by atoms with E-state index in [-0.39, 0.29) is 42.3 Å². The van der Waals surface area contributed by atoms with Gasteiger partial charge in [-0.05, 0) is 92.9 Å². The van der Waals surface area contributed by atoms with E-state index < -0.39 is 53.9 Å². The molecule has 2 heterocycles. The summed E-state index contributed by atoms with van der Waals surface area (Å²) < 4.78 is 48.7. The van der Waals surface area contributed by atoms with Crippen molar-refractivity contribution >= 4 is 52.8 Å². The zero-order chi connectivity index (χ0) is 41.5. The average Bonchev–Trinajstić information content (AvgIpc) is 4.14. The second kappa shape index (κ2) is 18.2. The first kappa shape index (κ1) is 42.5. The van der Waals surface area contributed by atoms with Crippen LogP contribution in [0.5, 0.6) is 6.01 Å². The van der Waals surface area contributed by atoms with Crippen molar-refractivity contribution in [3.05, 3.63) is 64.7 Å². The number of Topliss-reactive ketones (excluding diaryl/α,β-unsaturated/α-hetero) is 1. The fourth-order valence-corrected chi connectivity index (χ4v) is 6.93. The number of esters is 1. The van der Waals surface area contributed by atoms with Crippen molar-refractivity contribution in [3.8, 4) is 6.01 Å². The van der Waals surface area contributed by atoms with Gasteiger partial charge in [0.15, 0.2) is 6.61 Å². The van der Waals surface area contributed by atoms with Gasteiger partial charge in [-0.15, -0.1) is 0 Å². The Morgan fingerprint density at radius 2 is 1.59 bits per heavy atom. The van der Waals surface area contributed by atoms with Gasteiger partial charge in [-0.2, -0.15) is 28.1 Å². The number of nitrogens with zero attached hydrogens (tertiary/aromatic N) is 5. The molecule has 1 aromatic heterocycles. The highest BCUT2D eigenvalue weighted by Gasteiger charge is 2.46. The number of methoxy groups -OCH3 is 1. The van der Waals surface area contributed by atoms with Crippen LogP contribution < -0.4 is 26.0 Å². The first-order valence-corrected chi connectivity index (χ1v) is 19.5. The minimum Gasteiger partial charge on any atom is -0.467 e. The SMILES string of the molecule is COC(=O)[C@@H](CCNC(=O)C(=O)CCC1(CN2CCN(C)CC2)CC1)NC(=O)c1ccc(Nc2nc(NC3(c4ccc(Cl)cc4)CC3)nc(OCC(F)(F)F)n2)cc1. The lowest BCUT2D eigenvalue weighted by molar-refractivity contribution is -0.154. The third-order valence-electron chi connectivity index (χ3n) is 10.6. The topological polar surface area (TPSA) is 180 Å². The Hall–Kier alpha value is -5.07. The maximum atomic E-state index is 13.2. The molecule has 1 atom stereocenters. The summed E-state index contributed by atoms with van der Waals surface area (Å²) in [5.74, 6) is -2.75. The number of alkyl halides is 3. The number of aromatic nitrogens is 3. The molecule has 0 unspecified atom stereocenters. The monoisotopic (exact) mass is 829 g/mol. The molecule has 2 aromatic carbocycles. The van der Waals surface area contributed by atoms with Crippen molar-refractivity contribution in [3.63, 3.8) is 0 Å². The molecule has 4 N–H and O–H groups in total. The fraction of sp³-hybridized carbons (Fsp3) is 0.513. The molecule has 6 rings (SSSR count). The molecule has 2 aliphatic carbocycles. The van der Waals surface area contributed by atoms with E-state index in [1.807, 2.05) is 12.1 Å². The number of hydrogen-bond donors (Lipinski definition) is 4.